The fourth-order valence-electron chi connectivity index (χ4n) is 3.35. The number of aliphatic hydroxyl groups is 1. The number of hydrogen-bond acceptors (Lipinski definition) is 4. The van der Waals surface area contributed by atoms with Crippen LogP contribution >= 0.6 is 11.3 Å². The number of nitrogens with zero attached hydrogens (tertiary/aromatic N) is 2. The Labute approximate surface area is 135 Å². The smallest absolute Gasteiger partial charge is 0.317 e. The van der Waals surface area contributed by atoms with Crippen LogP contribution in [0.2, 0.25) is 0 Å². The normalized spacial score (nSPS) is 21.5. The molecule has 0 unspecified atom stereocenters. The number of aryl methyl sites for hydroxylation is 2. The maximum Gasteiger partial charge on any atom is 0.317 e. The molecule has 2 amide bonds. The average Bonchev–Trinajstić information content (AvgIpc) is 2.97. The minimum absolute atomic E-state index is 0.0130. The molecule has 0 aromatic carbocycles. The molecule has 1 fully saturated rings. The Balaban J connectivity index is 1.48. The molecular weight excluding hydrogens is 298 g/mol. The summed E-state index contributed by atoms with van der Waals surface area (Å²) < 4.78 is 0. The van der Waals surface area contributed by atoms with Crippen molar-refractivity contribution < 1.29 is 9.90 Å². The highest BCUT2D eigenvalue weighted by Crippen LogP contribution is 2.26. The molecule has 1 aromatic rings. The lowest BCUT2D eigenvalue weighted by Gasteiger charge is -2.34. The van der Waals surface area contributed by atoms with Crippen LogP contribution in [0.15, 0.2) is 0 Å². The maximum absolute atomic E-state index is 12.2. The van der Waals surface area contributed by atoms with Crippen molar-refractivity contribution in [2.24, 2.45) is 0 Å². The van der Waals surface area contributed by atoms with Gasteiger partial charge in [0.05, 0.1) is 23.4 Å². The summed E-state index contributed by atoms with van der Waals surface area (Å²) in [6.45, 7) is 1.44. The number of thiazole rings is 1. The highest BCUT2D eigenvalue weighted by molar-refractivity contribution is 7.11. The number of amides is 2. The van der Waals surface area contributed by atoms with Crippen molar-refractivity contribution in [3.63, 3.8) is 0 Å². The lowest BCUT2D eigenvalue weighted by molar-refractivity contribution is 0.108. The van der Waals surface area contributed by atoms with Crippen molar-refractivity contribution in [1.29, 1.82) is 0 Å². The first-order valence-corrected chi connectivity index (χ1v) is 9.22. The first-order chi connectivity index (χ1) is 10.8. The summed E-state index contributed by atoms with van der Waals surface area (Å²) in [5.74, 6) is 0. The van der Waals surface area contributed by atoms with Crippen LogP contribution in [0.5, 0.6) is 0 Å². The summed E-state index contributed by atoms with van der Waals surface area (Å²) in [5, 5.41) is 13.5. The number of urea groups is 1. The summed E-state index contributed by atoms with van der Waals surface area (Å²) >= 11 is 1.81. The molecule has 2 heterocycles. The van der Waals surface area contributed by atoms with E-state index in [9.17, 15) is 9.90 Å². The van der Waals surface area contributed by atoms with Crippen LogP contribution in [0.1, 0.15) is 47.7 Å². The highest BCUT2D eigenvalue weighted by Gasteiger charge is 2.25. The van der Waals surface area contributed by atoms with Gasteiger partial charge < -0.3 is 15.3 Å². The van der Waals surface area contributed by atoms with Crippen LogP contribution in [0, 0.1) is 0 Å². The van der Waals surface area contributed by atoms with E-state index >= 15 is 0 Å². The highest BCUT2D eigenvalue weighted by atomic mass is 32.1. The van der Waals surface area contributed by atoms with Crippen molar-refractivity contribution in [1.82, 2.24) is 15.2 Å². The zero-order valence-electron chi connectivity index (χ0n) is 13.0. The number of fused-ring (bicyclic) bond motifs is 1. The van der Waals surface area contributed by atoms with Crippen molar-refractivity contribution in [2.75, 3.05) is 19.7 Å². The summed E-state index contributed by atoms with van der Waals surface area (Å²) in [7, 11) is 0. The van der Waals surface area contributed by atoms with E-state index in [4.69, 9.17) is 4.98 Å². The number of carbonyl (C=O) groups is 1. The number of aliphatic hydroxyl groups excluding tert-OH is 1. The Bertz CT molecular complexity index is 494. The van der Waals surface area contributed by atoms with Crippen LogP contribution in [0.25, 0.3) is 0 Å². The number of rotatable bonds is 4. The molecular formula is C16H25N3O2S. The number of likely N-dealkylation sites (tertiary alicyclic amines) is 1. The molecule has 0 bridgehead atoms. The molecule has 2 aliphatic rings. The van der Waals surface area contributed by atoms with Gasteiger partial charge in [-0.1, -0.05) is 0 Å². The fraction of sp³-hybridized carbons (Fsp3) is 0.750. The first-order valence-electron chi connectivity index (χ1n) is 8.40. The van der Waals surface area contributed by atoms with Gasteiger partial charge in [0.25, 0.3) is 0 Å². The monoisotopic (exact) mass is 323 g/mol. The quantitative estimate of drug-likeness (QED) is 0.892. The van der Waals surface area contributed by atoms with E-state index in [1.165, 1.54) is 29.8 Å². The third-order valence-electron chi connectivity index (χ3n) is 4.60. The standard InChI is InChI=1S/C16H25N3O2S/c20-11-12-5-3-4-10-19(12)16(21)17-9-8-15-18-13-6-1-2-7-14(13)22-15/h12,20H,1-11H2,(H,17,21)/t12-/m0/s1. The van der Waals surface area contributed by atoms with E-state index in [0.29, 0.717) is 6.54 Å². The molecule has 1 atom stereocenters. The zero-order valence-corrected chi connectivity index (χ0v) is 13.8. The largest absolute Gasteiger partial charge is 0.394 e. The van der Waals surface area contributed by atoms with Crippen molar-refractivity contribution in [3.8, 4) is 0 Å². The third kappa shape index (κ3) is 3.60. The second kappa shape index (κ2) is 7.42. The van der Waals surface area contributed by atoms with Crippen LogP contribution in [0.3, 0.4) is 0 Å². The Morgan fingerprint density at radius 2 is 2.18 bits per heavy atom. The van der Waals surface area contributed by atoms with Gasteiger partial charge in [-0.05, 0) is 44.9 Å². The summed E-state index contributed by atoms with van der Waals surface area (Å²) in [4.78, 5) is 20.2. The molecule has 1 aliphatic carbocycles. The van der Waals surface area contributed by atoms with Crippen LogP contribution < -0.4 is 5.32 Å². The number of piperidine rings is 1. The van der Waals surface area contributed by atoms with Gasteiger partial charge in [0.15, 0.2) is 0 Å². The second-order valence-electron chi connectivity index (χ2n) is 6.19. The molecule has 5 nitrogen and oxygen atoms in total. The van der Waals surface area contributed by atoms with Crippen LogP contribution in [0.4, 0.5) is 4.79 Å². The topological polar surface area (TPSA) is 65.5 Å². The van der Waals surface area contributed by atoms with Gasteiger partial charge in [-0.25, -0.2) is 9.78 Å². The molecule has 1 aliphatic heterocycles. The third-order valence-corrected chi connectivity index (χ3v) is 5.82. The lowest BCUT2D eigenvalue weighted by atomic mass is 10.0. The zero-order chi connectivity index (χ0) is 15.4. The summed E-state index contributed by atoms with van der Waals surface area (Å²) in [6, 6.07) is -0.0546. The predicted octanol–water partition coefficient (Wildman–Crippen LogP) is 2.12. The average molecular weight is 323 g/mol. The van der Waals surface area contributed by atoms with E-state index in [1.807, 2.05) is 11.3 Å². The molecule has 22 heavy (non-hydrogen) atoms. The molecule has 122 valence electrons. The van der Waals surface area contributed by atoms with Gasteiger partial charge >= 0.3 is 6.03 Å². The summed E-state index contributed by atoms with van der Waals surface area (Å²) in [5.41, 5.74) is 1.29. The Hall–Kier alpha value is -1.14. The minimum Gasteiger partial charge on any atom is -0.394 e. The Kier molecular flexibility index (Phi) is 5.31. The fourth-order valence-corrected chi connectivity index (χ4v) is 4.50. The van der Waals surface area contributed by atoms with Gasteiger partial charge in [0.1, 0.15) is 0 Å². The van der Waals surface area contributed by atoms with Crippen molar-refractivity contribution in [2.45, 2.75) is 57.4 Å². The number of hydrogen-bond donors (Lipinski definition) is 2. The Morgan fingerprint density at radius 1 is 1.32 bits per heavy atom. The van der Waals surface area contributed by atoms with Gasteiger partial charge in [-0.3, -0.25) is 0 Å². The number of aromatic nitrogens is 1. The molecule has 1 aromatic heterocycles. The van der Waals surface area contributed by atoms with E-state index in [2.05, 4.69) is 5.32 Å². The molecule has 3 rings (SSSR count). The molecule has 6 heteroatoms. The van der Waals surface area contributed by atoms with E-state index < -0.39 is 0 Å². The minimum atomic E-state index is -0.0416. The van der Waals surface area contributed by atoms with E-state index in [1.54, 1.807) is 4.90 Å². The first kappa shape index (κ1) is 15.7. The van der Waals surface area contributed by atoms with E-state index in [0.717, 1.165) is 43.7 Å². The van der Waals surface area contributed by atoms with Crippen molar-refractivity contribution in [3.05, 3.63) is 15.6 Å². The van der Waals surface area contributed by atoms with Gasteiger partial charge in [-0.2, -0.15) is 0 Å². The molecule has 0 saturated carbocycles. The van der Waals surface area contributed by atoms with Crippen LogP contribution in [-0.4, -0.2) is 46.8 Å². The summed E-state index contributed by atoms with van der Waals surface area (Å²) in [6.07, 6.45) is 8.66. The second-order valence-corrected chi connectivity index (χ2v) is 7.36. The molecule has 1 saturated heterocycles. The maximum atomic E-state index is 12.2. The molecule has 0 spiro atoms. The van der Waals surface area contributed by atoms with Gasteiger partial charge in [0, 0.05) is 24.4 Å². The molecule has 0 radical (unpaired) electrons. The lowest BCUT2D eigenvalue weighted by Crippen LogP contribution is -2.50. The number of nitrogens with one attached hydrogen (secondary N) is 1. The predicted molar refractivity (Wildman–Crippen MR) is 87.3 cm³/mol. The molecule has 2 N–H and O–H groups in total. The van der Waals surface area contributed by atoms with Crippen LogP contribution in [-0.2, 0) is 19.3 Å². The SMILES string of the molecule is O=C(NCCc1nc2c(s1)CCCC2)N1CCCC[C@H]1CO. The van der Waals surface area contributed by atoms with Crippen molar-refractivity contribution >= 4 is 17.4 Å². The van der Waals surface area contributed by atoms with Gasteiger partial charge in [0.2, 0.25) is 0 Å². The number of carbonyl (C=O) groups excluding carboxylic acids is 1. The Morgan fingerprint density at radius 3 is 3.00 bits per heavy atom. The van der Waals surface area contributed by atoms with E-state index in [-0.39, 0.29) is 18.7 Å². The van der Waals surface area contributed by atoms with Gasteiger partial charge in [-0.15, -0.1) is 11.3 Å².